The minimum Gasteiger partial charge on any atom is -0.390 e. The van der Waals surface area contributed by atoms with Crippen LogP contribution in [0.4, 0.5) is 8.78 Å². The van der Waals surface area contributed by atoms with Crippen molar-refractivity contribution >= 4 is 0 Å². The van der Waals surface area contributed by atoms with Gasteiger partial charge in [0.15, 0.2) is 0 Å². The first-order valence-corrected chi connectivity index (χ1v) is 5.93. The molecule has 0 heterocycles. The Morgan fingerprint density at radius 2 is 1.83 bits per heavy atom. The van der Waals surface area contributed by atoms with Gasteiger partial charge in [0.25, 0.3) is 6.43 Å². The number of nitrogens with zero attached hydrogens (tertiary/aromatic N) is 1. The summed E-state index contributed by atoms with van der Waals surface area (Å²) in [6.07, 6.45) is -2.67. The van der Waals surface area contributed by atoms with Gasteiger partial charge < -0.3 is 10.8 Å². The minimum absolute atomic E-state index is 0.151. The summed E-state index contributed by atoms with van der Waals surface area (Å²) in [4.78, 5) is 1.39. The van der Waals surface area contributed by atoms with E-state index in [0.29, 0.717) is 6.42 Å². The third-order valence-corrected chi connectivity index (χ3v) is 2.76. The largest absolute Gasteiger partial charge is 0.390 e. The first-order valence-electron chi connectivity index (χ1n) is 5.93. The zero-order chi connectivity index (χ0) is 13.5. The number of aliphatic hydroxyl groups excluding tert-OH is 1. The molecule has 0 aromatic heterocycles. The predicted molar refractivity (Wildman–Crippen MR) is 67.6 cm³/mol. The Morgan fingerprint density at radius 3 is 2.39 bits per heavy atom. The number of alkyl halides is 2. The van der Waals surface area contributed by atoms with Gasteiger partial charge in [0, 0.05) is 12.6 Å². The lowest BCUT2D eigenvalue weighted by Gasteiger charge is -2.24. The average molecular weight is 258 g/mol. The number of nitrogens with two attached hydrogens (primary N) is 1. The van der Waals surface area contributed by atoms with Crippen molar-refractivity contribution in [2.24, 2.45) is 5.73 Å². The van der Waals surface area contributed by atoms with E-state index in [1.54, 1.807) is 7.05 Å². The van der Waals surface area contributed by atoms with Crippen molar-refractivity contribution in [2.45, 2.75) is 25.0 Å². The number of hydrogen-bond acceptors (Lipinski definition) is 3. The van der Waals surface area contributed by atoms with E-state index in [0.717, 1.165) is 5.56 Å². The summed E-state index contributed by atoms with van der Waals surface area (Å²) < 4.78 is 24.3. The summed E-state index contributed by atoms with van der Waals surface area (Å²) in [7, 11) is 1.55. The van der Waals surface area contributed by atoms with Gasteiger partial charge in [-0.3, -0.25) is 4.90 Å². The summed E-state index contributed by atoms with van der Waals surface area (Å²) >= 11 is 0. The van der Waals surface area contributed by atoms with Crippen LogP contribution in [0.1, 0.15) is 5.56 Å². The molecule has 5 heteroatoms. The number of halogens is 2. The number of hydrogen-bond donors (Lipinski definition) is 2. The maximum Gasteiger partial charge on any atom is 0.251 e. The molecule has 2 unspecified atom stereocenters. The van der Waals surface area contributed by atoms with Crippen molar-refractivity contribution in [3.63, 3.8) is 0 Å². The van der Waals surface area contributed by atoms with Gasteiger partial charge in [-0.15, -0.1) is 0 Å². The Labute approximate surface area is 106 Å². The second-order valence-electron chi connectivity index (χ2n) is 4.53. The monoisotopic (exact) mass is 258 g/mol. The molecule has 0 radical (unpaired) electrons. The average Bonchev–Trinajstić information content (AvgIpc) is 2.28. The highest BCUT2D eigenvalue weighted by Crippen LogP contribution is 2.06. The van der Waals surface area contributed by atoms with Crippen LogP contribution in [0.2, 0.25) is 0 Å². The molecule has 3 N–H and O–H groups in total. The highest BCUT2D eigenvalue weighted by atomic mass is 19.3. The van der Waals surface area contributed by atoms with E-state index >= 15 is 0 Å². The van der Waals surface area contributed by atoms with Gasteiger partial charge in [0.05, 0.1) is 12.6 Å². The molecular weight excluding hydrogens is 238 g/mol. The second-order valence-corrected chi connectivity index (χ2v) is 4.53. The summed E-state index contributed by atoms with van der Waals surface area (Å²) in [5, 5.41) is 9.85. The standard InChI is InChI=1S/C13H20F2N2O/c1-17(9-13(14)15)8-12(18)11(16)7-10-5-3-2-4-6-10/h2-6,11-13,18H,7-9,16H2,1H3. The molecule has 18 heavy (non-hydrogen) atoms. The lowest BCUT2D eigenvalue weighted by atomic mass is 10.0. The normalized spacial score (nSPS) is 15.1. The zero-order valence-corrected chi connectivity index (χ0v) is 10.5. The Balaban J connectivity index is 2.39. The SMILES string of the molecule is CN(CC(F)F)CC(O)C(N)Cc1ccccc1. The van der Waals surface area contributed by atoms with E-state index in [-0.39, 0.29) is 13.1 Å². The Bertz CT molecular complexity index is 335. The number of rotatable bonds is 7. The number of benzene rings is 1. The zero-order valence-electron chi connectivity index (χ0n) is 10.5. The van der Waals surface area contributed by atoms with E-state index in [1.807, 2.05) is 30.3 Å². The summed E-state index contributed by atoms with van der Waals surface area (Å²) in [5.41, 5.74) is 6.89. The molecule has 2 atom stereocenters. The van der Waals surface area contributed by atoms with E-state index in [2.05, 4.69) is 0 Å². The molecule has 0 saturated heterocycles. The van der Waals surface area contributed by atoms with Crippen molar-refractivity contribution in [3.8, 4) is 0 Å². The fourth-order valence-corrected chi connectivity index (χ4v) is 1.79. The molecule has 0 fully saturated rings. The summed E-state index contributed by atoms with van der Waals surface area (Å²) in [6, 6.07) is 9.11. The molecular formula is C13H20F2N2O. The molecule has 1 aromatic carbocycles. The Hall–Kier alpha value is -1.04. The molecule has 0 amide bonds. The van der Waals surface area contributed by atoms with Crippen LogP contribution in [0, 0.1) is 0 Å². The molecule has 0 aliphatic rings. The summed E-state index contributed by atoms with van der Waals surface area (Å²) in [6.45, 7) is -0.201. The van der Waals surface area contributed by atoms with Crippen LogP contribution >= 0.6 is 0 Å². The van der Waals surface area contributed by atoms with Crippen LogP contribution in [0.15, 0.2) is 30.3 Å². The van der Waals surface area contributed by atoms with Crippen molar-refractivity contribution < 1.29 is 13.9 Å². The molecule has 102 valence electrons. The van der Waals surface area contributed by atoms with Crippen LogP contribution in [-0.4, -0.2) is 48.7 Å². The van der Waals surface area contributed by atoms with Crippen molar-refractivity contribution in [3.05, 3.63) is 35.9 Å². The highest BCUT2D eigenvalue weighted by molar-refractivity contribution is 5.16. The molecule has 1 rings (SSSR count). The van der Waals surface area contributed by atoms with Gasteiger partial charge in [-0.1, -0.05) is 30.3 Å². The van der Waals surface area contributed by atoms with Crippen LogP contribution in [0.25, 0.3) is 0 Å². The van der Waals surface area contributed by atoms with E-state index in [4.69, 9.17) is 5.73 Å². The van der Waals surface area contributed by atoms with Crippen LogP contribution in [0.5, 0.6) is 0 Å². The first-order chi connectivity index (χ1) is 8.49. The van der Waals surface area contributed by atoms with Gasteiger partial charge >= 0.3 is 0 Å². The van der Waals surface area contributed by atoms with Gasteiger partial charge in [-0.05, 0) is 19.0 Å². The molecule has 0 saturated carbocycles. The van der Waals surface area contributed by atoms with Gasteiger partial charge in [-0.25, -0.2) is 8.78 Å². The molecule has 0 spiro atoms. The van der Waals surface area contributed by atoms with Crippen LogP contribution in [-0.2, 0) is 6.42 Å². The highest BCUT2D eigenvalue weighted by Gasteiger charge is 2.18. The molecule has 0 aliphatic heterocycles. The summed E-state index contributed by atoms with van der Waals surface area (Å²) in [5.74, 6) is 0. The van der Waals surface area contributed by atoms with Crippen molar-refractivity contribution in [1.82, 2.24) is 4.90 Å². The van der Waals surface area contributed by atoms with Crippen LogP contribution < -0.4 is 5.73 Å². The minimum atomic E-state index is -2.40. The molecule has 0 bridgehead atoms. The van der Waals surface area contributed by atoms with Gasteiger partial charge in [-0.2, -0.15) is 0 Å². The lowest BCUT2D eigenvalue weighted by molar-refractivity contribution is 0.0587. The smallest absolute Gasteiger partial charge is 0.251 e. The fraction of sp³-hybridized carbons (Fsp3) is 0.538. The van der Waals surface area contributed by atoms with Crippen molar-refractivity contribution in [2.75, 3.05) is 20.1 Å². The van der Waals surface area contributed by atoms with E-state index in [1.165, 1.54) is 4.90 Å². The molecule has 1 aromatic rings. The first kappa shape index (κ1) is 15.0. The quantitative estimate of drug-likeness (QED) is 0.770. The maximum atomic E-state index is 12.1. The predicted octanol–water partition coefficient (Wildman–Crippen LogP) is 1.11. The van der Waals surface area contributed by atoms with E-state index in [9.17, 15) is 13.9 Å². The van der Waals surface area contributed by atoms with E-state index < -0.39 is 18.6 Å². The fourth-order valence-electron chi connectivity index (χ4n) is 1.79. The molecule has 3 nitrogen and oxygen atoms in total. The number of aliphatic hydroxyl groups is 1. The second kappa shape index (κ2) is 7.41. The maximum absolute atomic E-state index is 12.1. The van der Waals surface area contributed by atoms with Crippen molar-refractivity contribution in [1.29, 1.82) is 0 Å². The third kappa shape index (κ3) is 5.53. The topological polar surface area (TPSA) is 49.5 Å². The van der Waals surface area contributed by atoms with Gasteiger partial charge in [0.2, 0.25) is 0 Å². The number of likely N-dealkylation sites (N-methyl/N-ethyl adjacent to an activating group) is 1. The van der Waals surface area contributed by atoms with Crippen LogP contribution in [0.3, 0.4) is 0 Å². The Morgan fingerprint density at radius 1 is 1.22 bits per heavy atom. The Kier molecular flexibility index (Phi) is 6.18. The van der Waals surface area contributed by atoms with Gasteiger partial charge in [0.1, 0.15) is 0 Å². The molecule has 0 aliphatic carbocycles. The lowest BCUT2D eigenvalue weighted by Crippen LogP contribution is -2.44. The third-order valence-electron chi connectivity index (χ3n) is 2.76.